The van der Waals surface area contributed by atoms with E-state index in [9.17, 15) is 4.79 Å². The summed E-state index contributed by atoms with van der Waals surface area (Å²) < 4.78 is 5.62. The van der Waals surface area contributed by atoms with E-state index >= 15 is 0 Å². The van der Waals surface area contributed by atoms with Gasteiger partial charge in [0, 0.05) is 50.7 Å². The van der Waals surface area contributed by atoms with Crippen molar-refractivity contribution in [1.82, 2.24) is 15.1 Å². The molecule has 1 amide bonds. The molecular weight excluding hydrogens is 443 g/mol. The highest BCUT2D eigenvalue weighted by atomic mass is 127. The summed E-state index contributed by atoms with van der Waals surface area (Å²) in [7, 11) is 0. The van der Waals surface area contributed by atoms with Crippen molar-refractivity contribution in [2.45, 2.75) is 58.4 Å². The lowest BCUT2D eigenvalue weighted by Gasteiger charge is -2.33. The maximum Gasteiger partial charge on any atom is 0.224 e. The molecule has 1 N–H and O–H groups in total. The molecule has 3 aliphatic rings. The van der Waals surface area contributed by atoms with Gasteiger partial charge in [0.1, 0.15) is 0 Å². The average molecular weight is 478 g/mol. The van der Waals surface area contributed by atoms with Crippen LogP contribution in [-0.4, -0.2) is 73.6 Å². The molecule has 0 aromatic rings. The second-order valence-corrected chi connectivity index (χ2v) is 7.89. The summed E-state index contributed by atoms with van der Waals surface area (Å²) in [5.74, 6) is 1.22. The number of likely N-dealkylation sites (tertiary alicyclic amines) is 2. The van der Waals surface area contributed by atoms with E-state index < -0.39 is 0 Å². The highest BCUT2D eigenvalue weighted by Gasteiger charge is 2.42. The molecule has 0 aliphatic carbocycles. The third-order valence-electron chi connectivity index (χ3n) is 5.97. The van der Waals surface area contributed by atoms with Crippen LogP contribution in [0.4, 0.5) is 0 Å². The number of rotatable bonds is 4. The Balaban J connectivity index is 0.00000243. The second kappa shape index (κ2) is 10.1. The van der Waals surface area contributed by atoms with Gasteiger partial charge in [0.25, 0.3) is 0 Å². The fourth-order valence-corrected chi connectivity index (χ4v) is 4.38. The lowest BCUT2D eigenvalue weighted by molar-refractivity contribution is -0.134. The van der Waals surface area contributed by atoms with Gasteiger partial charge in [-0.2, -0.15) is 0 Å². The quantitative estimate of drug-likeness (QED) is 0.383. The number of piperidine rings is 1. The molecule has 3 saturated heterocycles. The number of ether oxygens (including phenoxy) is 1. The highest BCUT2D eigenvalue weighted by molar-refractivity contribution is 14.0. The number of aliphatic imine (C=N–C) groups is 1. The molecule has 3 fully saturated rings. The van der Waals surface area contributed by atoms with E-state index in [-0.39, 0.29) is 29.9 Å². The Kier molecular flexibility index (Phi) is 8.44. The first-order valence-electron chi connectivity index (χ1n) is 10.0. The van der Waals surface area contributed by atoms with Crippen molar-refractivity contribution in [2.24, 2.45) is 10.4 Å². The van der Waals surface area contributed by atoms with Crippen LogP contribution < -0.4 is 5.32 Å². The van der Waals surface area contributed by atoms with Crippen molar-refractivity contribution in [3.8, 4) is 0 Å². The van der Waals surface area contributed by atoms with E-state index in [2.05, 4.69) is 24.1 Å². The fraction of sp³-hybridized carbons (Fsp3) is 0.895. The van der Waals surface area contributed by atoms with Gasteiger partial charge in [-0.05, 0) is 46.0 Å². The summed E-state index contributed by atoms with van der Waals surface area (Å²) in [4.78, 5) is 21.6. The Morgan fingerprint density at radius 1 is 1.31 bits per heavy atom. The van der Waals surface area contributed by atoms with Gasteiger partial charge in [0.2, 0.25) is 5.91 Å². The molecule has 0 aromatic carbocycles. The number of halogens is 1. The summed E-state index contributed by atoms with van der Waals surface area (Å²) in [5.41, 5.74) is 0.329. The molecule has 3 rings (SSSR count). The van der Waals surface area contributed by atoms with Gasteiger partial charge in [0.05, 0.1) is 13.2 Å². The lowest BCUT2D eigenvalue weighted by atomic mass is 9.87. The minimum atomic E-state index is 0. The smallest absolute Gasteiger partial charge is 0.224 e. The van der Waals surface area contributed by atoms with Gasteiger partial charge < -0.3 is 19.9 Å². The first-order chi connectivity index (χ1) is 12.1. The molecule has 3 aliphatic heterocycles. The lowest BCUT2D eigenvalue weighted by Crippen LogP contribution is -2.43. The zero-order chi connectivity index (χ0) is 17.7. The first kappa shape index (κ1) is 21.7. The Morgan fingerprint density at radius 3 is 2.85 bits per heavy atom. The van der Waals surface area contributed by atoms with E-state index in [0.717, 1.165) is 64.6 Å². The standard InChI is InChI=1S/C19H34N4O2.HI/c1-3-20-18(22-12-8-19(14-22)9-13-25-15-19)21-10-7-17(24)23-11-5-4-6-16(23)2;/h16H,3-15H2,1-2H3,(H,20,21);1H. The molecule has 150 valence electrons. The number of hydrogen-bond donors (Lipinski definition) is 1. The topological polar surface area (TPSA) is 57.2 Å². The molecule has 0 saturated carbocycles. The molecule has 3 heterocycles. The second-order valence-electron chi connectivity index (χ2n) is 7.89. The summed E-state index contributed by atoms with van der Waals surface area (Å²) in [6, 6.07) is 0.388. The molecular formula is C19H35IN4O2. The fourth-order valence-electron chi connectivity index (χ4n) is 4.38. The van der Waals surface area contributed by atoms with E-state index in [1.54, 1.807) is 0 Å². The molecule has 7 heteroatoms. The minimum absolute atomic E-state index is 0. The zero-order valence-electron chi connectivity index (χ0n) is 16.3. The molecule has 26 heavy (non-hydrogen) atoms. The van der Waals surface area contributed by atoms with Crippen LogP contribution in [0.1, 0.15) is 52.4 Å². The maximum atomic E-state index is 12.5. The Morgan fingerprint density at radius 2 is 2.15 bits per heavy atom. The van der Waals surface area contributed by atoms with E-state index in [1.165, 1.54) is 12.8 Å². The first-order valence-corrected chi connectivity index (χ1v) is 10.0. The van der Waals surface area contributed by atoms with Crippen LogP contribution in [0.25, 0.3) is 0 Å². The number of nitrogens with zero attached hydrogens (tertiary/aromatic N) is 3. The number of carbonyl (C=O) groups is 1. The molecule has 6 nitrogen and oxygen atoms in total. The zero-order valence-corrected chi connectivity index (χ0v) is 18.7. The monoisotopic (exact) mass is 478 g/mol. The number of nitrogens with one attached hydrogen (secondary N) is 1. The summed E-state index contributed by atoms with van der Waals surface area (Å²) in [6.07, 6.45) is 6.38. The Hall–Kier alpha value is -0.570. The van der Waals surface area contributed by atoms with Crippen LogP contribution in [0.3, 0.4) is 0 Å². The summed E-state index contributed by atoms with van der Waals surface area (Å²) >= 11 is 0. The number of guanidine groups is 1. The number of amides is 1. The minimum Gasteiger partial charge on any atom is -0.381 e. The van der Waals surface area contributed by atoms with Crippen molar-refractivity contribution >= 4 is 35.8 Å². The number of carbonyl (C=O) groups excluding carboxylic acids is 1. The molecule has 0 aromatic heterocycles. The van der Waals surface area contributed by atoms with Crippen LogP contribution >= 0.6 is 24.0 Å². The SMILES string of the molecule is CCNC(=NCCC(=O)N1CCCCC1C)N1CCC2(CCOC2)C1.I. The van der Waals surface area contributed by atoms with Gasteiger partial charge in [-0.25, -0.2) is 0 Å². The predicted octanol–water partition coefficient (Wildman–Crippen LogP) is 2.47. The normalized spacial score (nSPS) is 29.2. The van der Waals surface area contributed by atoms with Crippen molar-refractivity contribution in [3.05, 3.63) is 0 Å². The van der Waals surface area contributed by atoms with Crippen LogP contribution in [0.15, 0.2) is 4.99 Å². The summed E-state index contributed by atoms with van der Waals surface area (Å²) in [6.45, 7) is 10.4. The van der Waals surface area contributed by atoms with Crippen LogP contribution in [0.2, 0.25) is 0 Å². The van der Waals surface area contributed by atoms with Crippen molar-refractivity contribution in [1.29, 1.82) is 0 Å². The van der Waals surface area contributed by atoms with Gasteiger partial charge in [-0.3, -0.25) is 9.79 Å². The maximum absolute atomic E-state index is 12.5. The van der Waals surface area contributed by atoms with Crippen LogP contribution in [0.5, 0.6) is 0 Å². The summed E-state index contributed by atoms with van der Waals surface area (Å²) in [5, 5.41) is 3.40. The predicted molar refractivity (Wildman–Crippen MR) is 115 cm³/mol. The van der Waals surface area contributed by atoms with E-state index in [0.29, 0.717) is 24.4 Å². The largest absolute Gasteiger partial charge is 0.381 e. The molecule has 2 unspecified atom stereocenters. The van der Waals surface area contributed by atoms with Gasteiger partial charge in [-0.1, -0.05) is 0 Å². The van der Waals surface area contributed by atoms with Gasteiger partial charge >= 0.3 is 0 Å². The van der Waals surface area contributed by atoms with Gasteiger partial charge in [-0.15, -0.1) is 24.0 Å². The van der Waals surface area contributed by atoms with E-state index in [4.69, 9.17) is 9.73 Å². The van der Waals surface area contributed by atoms with Gasteiger partial charge in [0.15, 0.2) is 5.96 Å². The average Bonchev–Trinajstić information content (AvgIpc) is 3.24. The molecule has 0 bridgehead atoms. The third-order valence-corrected chi connectivity index (χ3v) is 5.97. The number of hydrogen-bond acceptors (Lipinski definition) is 3. The molecule has 0 radical (unpaired) electrons. The Bertz CT molecular complexity index is 494. The third kappa shape index (κ3) is 5.24. The van der Waals surface area contributed by atoms with Crippen molar-refractivity contribution < 1.29 is 9.53 Å². The molecule has 2 atom stereocenters. The molecule has 1 spiro atoms. The Labute approximate surface area is 175 Å². The highest BCUT2D eigenvalue weighted by Crippen LogP contribution is 2.38. The van der Waals surface area contributed by atoms with Crippen LogP contribution in [-0.2, 0) is 9.53 Å². The van der Waals surface area contributed by atoms with Crippen LogP contribution in [0, 0.1) is 5.41 Å². The van der Waals surface area contributed by atoms with E-state index in [1.807, 2.05) is 4.90 Å². The van der Waals surface area contributed by atoms with Crippen molar-refractivity contribution in [3.63, 3.8) is 0 Å². The van der Waals surface area contributed by atoms with Crippen molar-refractivity contribution in [2.75, 3.05) is 45.9 Å².